The van der Waals surface area contributed by atoms with Crippen LogP contribution in [-0.2, 0) is 17.3 Å². The van der Waals surface area contributed by atoms with Crippen LogP contribution < -0.4 is 0 Å². The Balaban J connectivity index is 0.000000527. The lowest BCUT2D eigenvalue weighted by Gasteiger charge is -2.18. The van der Waals surface area contributed by atoms with Crippen LogP contribution in [0.25, 0.3) is 11.1 Å². The Hall–Kier alpha value is -2.64. The van der Waals surface area contributed by atoms with E-state index in [-0.39, 0.29) is 10.9 Å². The maximum absolute atomic E-state index is 9.75. The van der Waals surface area contributed by atoms with Crippen molar-refractivity contribution < 1.29 is 17.3 Å². The summed E-state index contributed by atoms with van der Waals surface area (Å²) in [5, 5.41) is 0. The van der Waals surface area contributed by atoms with Gasteiger partial charge in [0.2, 0.25) is 0 Å². The van der Waals surface area contributed by atoms with Crippen LogP contribution in [0.2, 0.25) is 0 Å². The number of unbranched alkanes of at least 4 members (excludes halogenated alkanes) is 1. The second-order valence-electron chi connectivity index (χ2n) is 8.12. The summed E-state index contributed by atoms with van der Waals surface area (Å²) in [6.07, 6.45) is 3.68. The second kappa shape index (κ2) is 11.4. The van der Waals surface area contributed by atoms with Crippen LogP contribution in [0, 0.1) is 0 Å². The van der Waals surface area contributed by atoms with Crippen molar-refractivity contribution in [3.8, 4) is 11.1 Å². The minimum atomic E-state index is -6.00. The summed E-state index contributed by atoms with van der Waals surface area (Å²) in [7, 11) is -6.05. The summed E-state index contributed by atoms with van der Waals surface area (Å²) in [6.45, 7) is 2.25. The van der Waals surface area contributed by atoms with Crippen molar-refractivity contribution in [3.63, 3.8) is 0 Å². The van der Waals surface area contributed by atoms with Gasteiger partial charge in [-0.05, 0) is 78.1 Å². The fourth-order valence-electron chi connectivity index (χ4n) is 3.93. The van der Waals surface area contributed by atoms with Crippen molar-refractivity contribution in [2.24, 2.45) is 0 Å². The maximum Gasteiger partial charge on any atom is 0.673 e. The Morgan fingerprint density at radius 2 is 1.11 bits per heavy atom. The third-order valence-electron chi connectivity index (χ3n) is 5.55. The molecule has 0 nitrogen and oxygen atoms in total. The summed E-state index contributed by atoms with van der Waals surface area (Å²) >= 11 is 1.89. The number of aryl methyl sites for hydroxylation is 1. The quantitative estimate of drug-likeness (QED) is 0.128. The normalized spacial score (nSPS) is 12.8. The molecule has 0 saturated carbocycles. The summed E-state index contributed by atoms with van der Waals surface area (Å²) in [4.78, 5) is 7.03. The second-order valence-corrected chi connectivity index (χ2v) is 11.2. The number of rotatable bonds is 5. The minimum Gasteiger partial charge on any atom is -0.418 e. The first kappa shape index (κ1) is 25.5. The summed E-state index contributed by atoms with van der Waals surface area (Å²) in [5.41, 5.74) is 4.02. The molecule has 4 aromatic carbocycles. The van der Waals surface area contributed by atoms with Crippen molar-refractivity contribution in [1.82, 2.24) is 0 Å². The topological polar surface area (TPSA) is 0 Å². The van der Waals surface area contributed by atoms with E-state index in [1.54, 1.807) is 0 Å². The first-order valence-electron chi connectivity index (χ1n) is 11.5. The smallest absolute Gasteiger partial charge is 0.418 e. The Bertz CT molecular complexity index is 1200. The van der Waals surface area contributed by atoms with Gasteiger partial charge in [0, 0.05) is 0 Å². The van der Waals surface area contributed by atoms with Crippen LogP contribution in [-0.4, -0.2) is 7.25 Å². The van der Waals surface area contributed by atoms with Crippen LogP contribution >= 0.6 is 11.8 Å². The zero-order valence-corrected chi connectivity index (χ0v) is 20.9. The molecule has 5 rings (SSSR count). The Morgan fingerprint density at radius 3 is 1.60 bits per heavy atom. The standard InChI is InChI=1S/C28H25S2.BF4/c1-2-3-8-21-13-15-22(16-14-21)23-17-19-24(20-18-23)30-27-11-6-4-9-25(27)29-26-10-5-7-12-28(26)30;2-1(3,4)5/h4-7,9-20H,2-3,8H2,1H3;/q+1;-1. The van der Waals surface area contributed by atoms with Crippen LogP contribution in [0.4, 0.5) is 17.3 Å². The molecule has 0 saturated heterocycles. The molecular formula is C28H25BF4S2. The van der Waals surface area contributed by atoms with Gasteiger partial charge in [0.15, 0.2) is 14.7 Å². The summed E-state index contributed by atoms with van der Waals surface area (Å²) in [5.74, 6) is 0. The Labute approximate surface area is 211 Å². The molecule has 0 aliphatic carbocycles. The fraction of sp³-hybridized carbons (Fsp3) is 0.143. The molecule has 1 aliphatic heterocycles. The number of hydrogen-bond donors (Lipinski definition) is 0. The van der Waals surface area contributed by atoms with Gasteiger partial charge in [0.1, 0.15) is 10.9 Å². The van der Waals surface area contributed by atoms with E-state index in [4.69, 9.17) is 0 Å². The lowest BCUT2D eigenvalue weighted by molar-refractivity contribution is 0.368. The number of halogens is 4. The van der Waals surface area contributed by atoms with E-state index >= 15 is 0 Å². The molecule has 0 radical (unpaired) electrons. The van der Waals surface area contributed by atoms with E-state index in [0.29, 0.717) is 0 Å². The highest BCUT2D eigenvalue weighted by atomic mass is 32.2. The molecule has 1 heterocycles. The highest BCUT2D eigenvalue weighted by Gasteiger charge is 2.37. The SMILES string of the molecule is CCCCc1ccc(-c2ccc([S+]3c4ccccc4Sc4ccccc43)cc2)cc1.F[B-](F)(F)F. The zero-order valence-electron chi connectivity index (χ0n) is 19.3. The highest BCUT2D eigenvalue weighted by Crippen LogP contribution is 2.48. The lowest BCUT2D eigenvalue weighted by Crippen LogP contribution is -2.10. The van der Waals surface area contributed by atoms with Gasteiger partial charge in [0.25, 0.3) is 0 Å². The van der Waals surface area contributed by atoms with E-state index in [1.165, 1.54) is 60.4 Å². The molecule has 7 heteroatoms. The molecule has 0 aromatic heterocycles. The summed E-state index contributed by atoms with van der Waals surface area (Å²) in [6, 6.07) is 36.1. The van der Waals surface area contributed by atoms with Crippen molar-refractivity contribution >= 4 is 29.9 Å². The molecule has 0 atom stereocenters. The van der Waals surface area contributed by atoms with Crippen LogP contribution in [0.5, 0.6) is 0 Å². The number of fused-ring (bicyclic) bond motifs is 2. The Morgan fingerprint density at radius 1 is 0.657 bits per heavy atom. The van der Waals surface area contributed by atoms with Crippen molar-refractivity contribution in [3.05, 3.63) is 103 Å². The monoisotopic (exact) mass is 512 g/mol. The lowest BCUT2D eigenvalue weighted by atomic mass is 10.0. The van der Waals surface area contributed by atoms with E-state index < -0.39 is 7.25 Å². The van der Waals surface area contributed by atoms with Crippen LogP contribution in [0.15, 0.2) is 122 Å². The molecule has 1 aliphatic rings. The average Bonchev–Trinajstić information content (AvgIpc) is 2.85. The zero-order chi connectivity index (χ0) is 24.8. The average molecular weight is 512 g/mol. The highest BCUT2D eigenvalue weighted by molar-refractivity contribution is 8.04. The largest absolute Gasteiger partial charge is 0.673 e. The van der Waals surface area contributed by atoms with E-state index in [9.17, 15) is 17.3 Å². The number of hydrogen-bond acceptors (Lipinski definition) is 1. The third kappa shape index (κ3) is 6.74. The number of benzene rings is 4. The van der Waals surface area contributed by atoms with Crippen molar-refractivity contribution in [2.45, 2.75) is 50.7 Å². The minimum absolute atomic E-state index is 0.0509. The molecule has 0 amide bonds. The van der Waals surface area contributed by atoms with Crippen LogP contribution in [0.3, 0.4) is 0 Å². The molecule has 0 spiro atoms. The van der Waals surface area contributed by atoms with E-state index in [1.807, 2.05) is 11.8 Å². The predicted molar refractivity (Wildman–Crippen MR) is 140 cm³/mol. The summed E-state index contributed by atoms with van der Waals surface area (Å²) < 4.78 is 39.0. The van der Waals surface area contributed by atoms with Gasteiger partial charge in [-0.25, -0.2) is 0 Å². The van der Waals surface area contributed by atoms with Gasteiger partial charge in [-0.3, -0.25) is 0 Å². The van der Waals surface area contributed by atoms with Gasteiger partial charge >= 0.3 is 7.25 Å². The first-order chi connectivity index (χ1) is 16.8. The third-order valence-corrected chi connectivity index (χ3v) is 9.30. The molecule has 0 unspecified atom stereocenters. The first-order valence-corrected chi connectivity index (χ1v) is 13.5. The molecular weight excluding hydrogens is 487 g/mol. The predicted octanol–water partition coefficient (Wildman–Crippen LogP) is 9.56. The fourth-order valence-corrected chi connectivity index (χ4v) is 7.66. The Kier molecular flexibility index (Phi) is 8.29. The molecule has 0 bridgehead atoms. The van der Waals surface area contributed by atoms with Gasteiger partial charge in [-0.1, -0.05) is 73.6 Å². The van der Waals surface area contributed by atoms with Gasteiger partial charge < -0.3 is 17.3 Å². The molecule has 180 valence electrons. The molecule has 0 fully saturated rings. The van der Waals surface area contributed by atoms with Gasteiger partial charge in [-0.2, -0.15) is 0 Å². The molecule has 35 heavy (non-hydrogen) atoms. The van der Waals surface area contributed by atoms with E-state index in [0.717, 1.165) is 0 Å². The van der Waals surface area contributed by atoms with Gasteiger partial charge in [-0.15, -0.1) is 0 Å². The van der Waals surface area contributed by atoms with E-state index in [2.05, 4.69) is 104 Å². The molecule has 4 aromatic rings. The van der Waals surface area contributed by atoms with Gasteiger partial charge in [0.05, 0.1) is 9.79 Å². The maximum atomic E-state index is 9.75. The van der Waals surface area contributed by atoms with Crippen LogP contribution in [0.1, 0.15) is 25.3 Å². The van der Waals surface area contributed by atoms with Crippen molar-refractivity contribution in [1.29, 1.82) is 0 Å². The molecule has 0 N–H and O–H groups in total. The van der Waals surface area contributed by atoms with Crippen molar-refractivity contribution in [2.75, 3.05) is 0 Å².